The molecule has 2 atom stereocenters. The van der Waals surface area contributed by atoms with Gasteiger partial charge in [0.2, 0.25) is 5.91 Å². The van der Waals surface area contributed by atoms with E-state index in [-0.39, 0.29) is 24.1 Å². The number of carbonyl (C=O) groups is 2. The fourth-order valence-electron chi connectivity index (χ4n) is 3.56. The smallest absolute Gasteiger partial charge is 0.410 e. The van der Waals surface area contributed by atoms with Gasteiger partial charge in [-0.25, -0.2) is 4.79 Å². The van der Waals surface area contributed by atoms with Gasteiger partial charge in [-0.05, 0) is 58.1 Å². The van der Waals surface area contributed by atoms with E-state index in [0.717, 1.165) is 31.4 Å². The molecule has 2 aliphatic heterocycles. The highest BCUT2D eigenvalue weighted by molar-refractivity contribution is 5.96. The molecule has 1 saturated heterocycles. The highest BCUT2D eigenvalue weighted by Gasteiger charge is 2.31. The number of amides is 2. The van der Waals surface area contributed by atoms with E-state index in [0.29, 0.717) is 13.1 Å². The molecule has 0 spiro atoms. The maximum absolute atomic E-state index is 12.6. The first-order chi connectivity index (χ1) is 12.3. The molecular formula is C20H29N3O3. The number of piperidine rings is 1. The lowest BCUT2D eigenvalue weighted by Gasteiger charge is -2.35. The summed E-state index contributed by atoms with van der Waals surface area (Å²) < 4.78 is 5.48. The van der Waals surface area contributed by atoms with Gasteiger partial charge in [0, 0.05) is 24.8 Å². The van der Waals surface area contributed by atoms with Crippen LogP contribution < -0.4 is 10.6 Å². The van der Waals surface area contributed by atoms with Crippen molar-refractivity contribution in [1.29, 1.82) is 0 Å². The topological polar surface area (TPSA) is 70.7 Å². The van der Waals surface area contributed by atoms with Crippen LogP contribution in [0.1, 0.15) is 45.6 Å². The standard InChI is InChI=1S/C20H29N3O3/c1-20(2,3)26-19(25)23-12-6-8-15(13-23)21-17-11-10-14-7-4-5-9-16(14)22-18(17)24/h4-5,7,9,15,17,21H,6,8,10-13H2,1-3H3,(H,22,24)/t15-,17-/m0/s1. The summed E-state index contributed by atoms with van der Waals surface area (Å²) in [5, 5.41) is 6.49. The summed E-state index contributed by atoms with van der Waals surface area (Å²) >= 11 is 0. The normalized spacial score (nSPS) is 23.7. The van der Waals surface area contributed by atoms with Crippen LogP contribution >= 0.6 is 0 Å². The van der Waals surface area contributed by atoms with Crippen molar-refractivity contribution in [3.63, 3.8) is 0 Å². The van der Waals surface area contributed by atoms with Crippen molar-refractivity contribution in [2.45, 2.75) is 64.1 Å². The lowest BCUT2D eigenvalue weighted by molar-refractivity contribution is -0.118. The quantitative estimate of drug-likeness (QED) is 0.852. The summed E-state index contributed by atoms with van der Waals surface area (Å²) in [5.74, 6) is 0.00402. The summed E-state index contributed by atoms with van der Waals surface area (Å²) in [6.07, 6.45) is 3.20. The van der Waals surface area contributed by atoms with E-state index < -0.39 is 5.60 Å². The first kappa shape index (κ1) is 18.7. The number of hydrogen-bond donors (Lipinski definition) is 2. The van der Waals surface area contributed by atoms with Gasteiger partial charge in [-0.2, -0.15) is 0 Å². The number of carbonyl (C=O) groups excluding carboxylic acids is 2. The monoisotopic (exact) mass is 359 g/mol. The van der Waals surface area contributed by atoms with E-state index in [4.69, 9.17) is 4.74 Å². The van der Waals surface area contributed by atoms with Crippen LogP contribution in [0.15, 0.2) is 24.3 Å². The number of nitrogens with one attached hydrogen (secondary N) is 2. The molecule has 26 heavy (non-hydrogen) atoms. The molecule has 0 bridgehead atoms. The number of para-hydroxylation sites is 1. The fourth-order valence-corrected chi connectivity index (χ4v) is 3.56. The van der Waals surface area contributed by atoms with Crippen molar-refractivity contribution in [3.05, 3.63) is 29.8 Å². The molecule has 1 fully saturated rings. The summed E-state index contributed by atoms with van der Waals surface area (Å²) in [6.45, 7) is 6.90. The van der Waals surface area contributed by atoms with E-state index in [1.54, 1.807) is 4.90 Å². The Labute approximate surface area is 155 Å². The van der Waals surface area contributed by atoms with Gasteiger partial charge < -0.3 is 20.3 Å². The van der Waals surface area contributed by atoms with Crippen molar-refractivity contribution in [2.75, 3.05) is 18.4 Å². The van der Waals surface area contributed by atoms with E-state index in [1.807, 2.05) is 39.0 Å². The molecule has 6 nitrogen and oxygen atoms in total. The van der Waals surface area contributed by atoms with Gasteiger partial charge in [0.25, 0.3) is 0 Å². The Morgan fingerprint density at radius 3 is 2.81 bits per heavy atom. The Kier molecular flexibility index (Phi) is 5.51. The highest BCUT2D eigenvalue weighted by Crippen LogP contribution is 2.22. The maximum atomic E-state index is 12.6. The zero-order valence-electron chi connectivity index (χ0n) is 15.9. The fraction of sp³-hybridized carbons (Fsp3) is 0.600. The van der Waals surface area contributed by atoms with E-state index in [1.165, 1.54) is 5.56 Å². The van der Waals surface area contributed by atoms with E-state index in [2.05, 4.69) is 16.7 Å². The number of hydrogen-bond acceptors (Lipinski definition) is 4. The second-order valence-electron chi connectivity index (χ2n) is 8.17. The summed E-state index contributed by atoms with van der Waals surface area (Å²) in [7, 11) is 0. The minimum atomic E-state index is -0.496. The zero-order valence-corrected chi connectivity index (χ0v) is 15.9. The SMILES string of the molecule is CC(C)(C)OC(=O)N1CCC[C@H](N[C@H]2CCc3ccccc3NC2=O)C1. The Balaban J connectivity index is 1.58. The number of ether oxygens (including phenoxy) is 1. The Bertz CT molecular complexity index is 669. The van der Waals surface area contributed by atoms with Crippen LogP contribution in [0.25, 0.3) is 0 Å². The first-order valence-corrected chi connectivity index (χ1v) is 9.44. The van der Waals surface area contributed by atoms with Crippen molar-refractivity contribution < 1.29 is 14.3 Å². The van der Waals surface area contributed by atoms with Crippen LogP contribution in [0.4, 0.5) is 10.5 Å². The number of benzene rings is 1. The van der Waals surface area contributed by atoms with Crippen LogP contribution in [0, 0.1) is 0 Å². The Morgan fingerprint density at radius 2 is 2.04 bits per heavy atom. The van der Waals surface area contributed by atoms with E-state index in [9.17, 15) is 9.59 Å². The molecule has 0 aromatic heterocycles. The Hall–Kier alpha value is -2.08. The van der Waals surface area contributed by atoms with Crippen LogP contribution in [-0.2, 0) is 16.0 Å². The van der Waals surface area contributed by atoms with Crippen molar-refractivity contribution >= 4 is 17.7 Å². The van der Waals surface area contributed by atoms with Gasteiger partial charge in [-0.15, -0.1) is 0 Å². The average molecular weight is 359 g/mol. The molecule has 3 rings (SSSR count). The predicted molar refractivity (Wildman–Crippen MR) is 101 cm³/mol. The average Bonchev–Trinajstić information content (AvgIpc) is 2.73. The maximum Gasteiger partial charge on any atom is 0.410 e. The van der Waals surface area contributed by atoms with Gasteiger partial charge >= 0.3 is 6.09 Å². The van der Waals surface area contributed by atoms with Crippen LogP contribution in [0.3, 0.4) is 0 Å². The lowest BCUT2D eigenvalue weighted by Crippen LogP contribution is -2.54. The summed E-state index contributed by atoms with van der Waals surface area (Å²) in [6, 6.07) is 7.80. The van der Waals surface area contributed by atoms with Gasteiger partial charge in [0.15, 0.2) is 0 Å². The summed E-state index contributed by atoms with van der Waals surface area (Å²) in [4.78, 5) is 26.6. The second kappa shape index (κ2) is 7.66. The summed E-state index contributed by atoms with van der Waals surface area (Å²) in [5.41, 5.74) is 1.58. The molecule has 0 radical (unpaired) electrons. The van der Waals surface area contributed by atoms with Crippen molar-refractivity contribution in [1.82, 2.24) is 10.2 Å². The lowest BCUT2D eigenvalue weighted by atomic mass is 10.0. The van der Waals surface area contributed by atoms with E-state index >= 15 is 0 Å². The molecular weight excluding hydrogens is 330 g/mol. The molecule has 0 saturated carbocycles. The minimum absolute atomic E-state index is 0.00402. The zero-order chi connectivity index (χ0) is 18.7. The number of fused-ring (bicyclic) bond motifs is 1. The third-order valence-electron chi connectivity index (χ3n) is 4.80. The Morgan fingerprint density at radius 1 is 1.27 bits per heavy atom. The molecule has 2 aliphatic rings. The predicted octanol–water partition coefficient (Wildman–Crippen LogP) is 2.93. The molecule has 6 heteroatoms. The minimum Gasteiger partial charge on any atom is -0.444 e. The number of rotatable bonds is 2. The van der Waals surface area contributed by atoms with Gasteiger partial charge in [-0.3, -0.25) is 4.79 Å². The third kappa shape index (κ3) is 4.75. The number of nitrogens with zero attached hydrogens (tertiary/aromatic N) is 1. The van der Waals surface area contributed by atoms with Crippen LogP contribution in [0.2, 0.25) is 0 Å². The van der Waals surface area contributed by atoms with Crippen molar-refractivity contribution in [3.8, 4) is 0 Å². The third-order valence-corrected chi connectivity index (χ3v) is 4.80. The number of likely N-dealkylation sites (tertiary alicyclic amines) is 1. The van der Waals surface area contributed by atoms with Gasteiger partial charge in [0.1, 0.15) is 5.60 Å². The van der Waals surface area contributed by atoms with Gasteiger partial charge in [-0.1, -0.05) is 18.2 Å². The highest BCUT2D eigenvalue weighted by atomic mass is 16.6. The molecule has 2 heterocycles. The molecule has 2 N–H and O–H groups in total. The molecule has 142 valence electrons. The van der Waals surface area contributed by atoms with Crippen molar-refractivity contribution in [2.24, 2.45) is 0 Å². The van der Waals surface area contributed by atoms with Crippen LogP contribution in [0.5, 0.6) is 0 Å². The number of aryl methyl sites for hydroxylation is 1. The molecule has 0 aliphatic carbocycles. The molecule has 1 aromatic carbocycles. The largest absolute Gasteiger partial charge is 0.444 e. The molecule has 1 aromatic rings. The molecule has 2 amide bonds. The second-order valence-corrected chi connectivity index (χ2v) is 8.17. The van der Waals surface area contributed by atoms with Gasteiger partial charge in [0.05, 0.1) is 6.04 Å². The first-order valence-electron chi connectivity index (χ1n) is 9.44. The number of anilines is 1. The van der Waals surface area contributed by atoms with Crippen LogP contribution in [-0.4, -0.2) is 47.7 Å². The molecule has 0 unspecified atom stereocenters.